The van der Waals surface area contributed by atoms with Crippen LogP contribution in [0.5, 0.6) is 5.88 Å². The topological polar surface area (TPSA) is 51.7 Å². The van der Waals surface area contributed by atoms with Gasteiger partial charge in [-0.3, -0.25) is 0 Å². The van der Waals surface area contributed by atoms with Crippen LogP contribution in [0.4, 0.5) is 13.6 Å². The minimum absolute atomic E-state index is 0.0765. The molecule has 0 N–H and O–H groups in total. The molecule has 7 heteroatoms. The van der Waals surface area contributed by atoms with Gasteiger partial charge in [-0.2, -0.15) is 0 Å². The smallest absolute Gasteiger partial charge is 0.410 e. The number of aromatic nitrogens is 1. The van der Waals surface area contributed by atoms with E-state index in [-0.39, 0.29) is 19.0 Å². The van der Waals surface area contributed by atoms with Crippen molar-refractivity contribution in [3.63, 3.8) is 0 Å². The van der Waals surface area contributed by atoms with Crippen molar-refractivity contribution < 1.29 is 23.0 Å². The summed E-state index contributed by atoms with van der Waals surface area (Å²) in [4.78, 5) is 17.7. The third kappa shape index (κ3) is 4.20. The second-order valence-electron chi connectivity index (χ2n) is 7.39. The van der Waals surface area contributed by atoms with E-state index in [0.717, 1.165) is 5.39 Å². The number of ether oxygens (including phenoxy) is 2. The van der Waals surface area contributed by atoms with Crippen molar-refractivity contribution in [1.82, 2.24) is 9.88 Å². The number of amides is 1. The van der Waals surface area contributed by atoms with Crippen LogP contribution in [-0.2, 0) is 4.74 Å². The van der Waals surface area contributed by atoms with E-state index < -0.39 is 30.1 Å². The summed E-state index contributed by atoms with van der Waals surface area (Å²) < 4.78 is 39.4. The molecule has 2 aromatic rings. The highest BCUT2D eigenvalue weighted by Crippen LogP contribution is 2.32. The van der Waals surface area contributed by atoms with Crippen LogP contribution < -0.4 is 4.74 Å². The van der Waals surface area contributed by atoms with Crippen LogP contribution in [0, 0.1) is 0 Å². The molecule has 1 aliphatic heterocycles. The molecule has 0 aliphatic carbocycles. The first-order chi connectivity index (χ1) is 12.1. The summed E-state index contributed by atoms with van der Waals surface area (Å²) >= 11 is 0. The zero-order valence-corrected chi connectivity index (χ0v) is 15.0. The van der Waals surface area contributed by atoms with Gasteiger partial charge in [0.25, 0.3) is 5.92 Å². The van der Waals surface area contributed by atoms with Crippen molar-refractivity contribution >= 4 is 17.0 Å². The monoisotopic (exact) mass is 364 g/mol. The highest BCUT2D eigenvalue weighted by Gasteiger charge is 2.48. The fourth-order valence-corrected chi connectivity index (χ4v) is 2.74. The molecular formula is C19H22F2N2O3. The van der Waals surface area contributed by atoms with E-state index in [1.807, 2.05) is 18.2 Å². The number of hydrogen-bond donors (Lipinski definition) is 0. The molecular weight excluding hydrogens is 342 g/mol. The van der Waals surface area contributed by atoms with Gasteiger partial charge in [0, 0.05) is 24.4 Å². The number of alkyl halides is 2. The summed E-state index contributed by atoms with van der Waals surface area (Å²) in [5.74, 6) is -2.94. The Kier molecular flexibility index (Phi) is 4.73. The number of pyridine rings is 1. The second-order valence-corrected chi connectivity index (χ2v) is 7.39. The molecule has 0 saturated carbocycles. The molecule has 1 aromatic heterocycles. The summed E-state index contributed by atoms with van der Waals surface area (Å²) in [6.45, 7) is 4.87. The van der Waals surface area contributed by atoms with Crippen LogP contribution in [-0.4, -0.2) is 46.7 Å². The normalized spacial score (nSPS) is 20.0. The molecule has 140 valence electrons. The fourth-order valence-electron chi connectivity index (χ4n) is 2.74. The van der Waals surface area contributed by atoms with Crippen molar-refractivity contribution in [3.05, 3.63) is 36.4 Å². The molecule has 1 saturated heterocycles. The van der Waals surface area contributed by atoms with Crippen molar-refractivity contribution in [2.75, 3.05) is 13.1 Å². The third-order valence-electron chi connectivity index (χ3n) is 4.06. The van der Waals surface area contributed by atoms with Gasteiger partial charge in [-0.25, -0.2) is 18.6 Å². The van der Waals surface area contributed by atoms with Crippen molar-refractivity contribution in [2.24, 2.45) is 0 Å². The Balaban J connectivity index is 1.76. The zero-order valence-electron chi connectivity index (χ0n) is 15.0. The molecule has 1 aliphatic rings. The van der Waals surface area contributed by atoms with E-state index in [0.29, 0.717) is 5.52 Å². The molecule has 0 spiro atoms. The number of benzene rings is 1. The average Bonchev–Trinajstić information content (AvgIpc) is 2.55. The predicted octanol–water partition coefficient (Wildman–Crippen LogP) is 4.26. The lowest BCUT2D eigenvalue weighted by molar-refractivity contribution is -0.135. The SMILES string of the molecule is CC(C)(C)OC(=O)N1CCC(F)(F)C(Oc2ccc3ccccc3n2)C1. The number of rotatable bonds is 2. The first-order valence-electron chi connectivity index (χ1n) is 8.52. The third-order valence-corrected chi connectivity index (χ3v) is 4.06. The Bertz CT molecular complexity index is 805. The maximum Gasteiger partial charge on any atom is 0.410 e. The van der Waals surface area contributed by atoms with Crippen LogP contribution in [0.1, 0.15) is 27.2 Å². The number of halogens is 2. The Hall–Kier alpha value is -2.44. The van der Waals surface area contributed by atoms with Gasteiger partial charge in [-0.15, -0.1) is 0 Å². The van der Waals surface area contributed by atoms with Gasteiger partial charge >= 0.3 is 6.09 Å². The number of fused-ring (bicyclic) bond motifs is 1. The second kappa shape index (κ2) is 6.70. The summed E-state index contributed by atoms with van der Waals surface area (Å²) in [7, 11) is 0. The largest absolute Gasteiger partial charge is 0.466 e. The first kappa shape index (κ1) is 18.4. The molecule has 1 fully saturated rings. The fraction of sp³-hybridized carbons (Fsp3) is 0.474. The molecule has 1 unspecified atom stereocenters. The Morgan fingerprint density at radius 1 is 1.23 bits per heavy atom. The summed E-state index contributed by atoms with van der Waals surface area (Å²) in [6, 6.07) is 10.7. The summed E-state index contributed by atoms with van der Waals surface area (Å²) in [5, 5.41) is 0.894. The maximum atomic E-state index is 14.3. The number of para-hydroxylation sites is 1. The molecule has 26 heavy (non-hydrogen) atoms. The standard InChI is InChI=1S/C19H22F2N2O3/c1-18(2,3)26-17(24)23-11-10-19(20,21)15(12-23)25-16-9-8-13-6-4-5-7-14(13)22-16/h4-9,15H,10-12H2,1-3H3. The van der Waals surface area contributed by atoms with Crippen molar-refractivity contribution in [3.8, 4) is 5.88 Å². The van der Waals surface area contributed by atoms with Crippen LogP contribution in [0.25, 0.3) is 10.9 Å². The van der Waals surface area contributed by atoms with Crippen LogP contribution in [0.15, 0.2) is 36.4 Å². The summed E-state index contributed by atoms with van der Waals surface area (Å²) in [6.07, 6.45) is -2.57. The van der Waals surface area contributed by atoms with Gasteiger partial charge in [0.15, 0.2) is 6.10 Å². The maximum absolute atomic E-state index is 14.3. The highest BCUT2D eigenvalue weighted by atomic mass is 19.3. The molecule has 3 rings (SSSR count). The lowest BCUT2D eigenvalue weighted by Crippen LogP contribution is -2.55. The van der Waals surface area contributed by atoms with Gasteiger partial charge in [-0.05, 0) is 32.9 Å². The zero-order chi connectivity index (χ0) is 18.9. The van der Waals surface area contributed by atoms with E-state index in [1.165, 1.54) is 4.90 Å². The van der Waals surface area contributed by atoms with Gasteiger partial charge in [0.05, 0.1) is 12.1 Å². The van der Waals surface area contributed by atoms with Crippen LogP contribution in [0.2, 0.25) is 0 Å². The molecule has 2 heterocycles. The van der Waals surface area contributed by atoms with Gasteiger partial charge in [0.2, 0.25) is 5.88 Å². The van der Waals surface area contributed by atoms with E-state index in [4.69, 9.17) is 9.47 Å². The van der Waals surface area contributed by atoms with Crippen LogP contribution >= 0.6 is 0 Å². The molecule has 1 amide bonds. The number of hydrogen-bond acceptors (Lipinski definition) is 4. The quantitative estimate of drug-likeness (QED) is 0.799. The van der Waals surface area contributed by atoms with Crippen molar-refractivity contribution in [1.29, 1.82) is 0 Å². The van der Waals surface area contributed by atoms with E-state index in [9.17, 15) is 13.6 Å². The molecule has 5 nitrogen and oxygen atoms in total. The van der Waals surface area contributed by atoms with Gasteiger partial charge in [-0.1, -0.05) is 18.2 Å². The van der Waals surface area contributed by atoms with Gasteiger partial charge < -0.3 is 14.4 Å². The predicted molar refractivity (Wildman–Crippen MR) is 93.5 cm³/mol. The average molecular weight is 364 g/mol. The molecule has 0 radical (unpaired) electrons. The Labute approximate surface area is 150 Å². The number of nitrogens with zero attached hydrogens (tertiary/aromatic N) is 2. The lowest BCUT2D eigenvalue weighted by atomic mass is 10.0. The molecule has 0 bridgehead atoms. The van der Waals surface area contributed by atoms with E-state index >= 15 is 0 Å². The number of piperidine rings is 1. The minimum Gasteiger partial charge on any atom is -0.466 e. The first-order valence-corrected chi connectivity index (χ1v) is 8.52. The van der Waals surface area contributed by atoms with E-state index in [1.54, 1.807) is 39.0 Å². The minimum atomic E-state index is -3.05. The van der Waals surface area contributed by atoms with Crippen molar-refractivity contribution in [2.45, 2.75) is 44.8 Å². The summed E-state index contributed by atoms with van der Waals surface area (Å²) in [5.41, 5.74) is -0.0269. The Morgan fingerprint density at radius 2 is 1.96 bits per heavy atom. The van der Waals surface area contributed by atoms with Gasteiger partial charge in [0.1, 0.15) is 5.60 Å². The highest BCUT2D eigenvalue weighted by molar-refractivity contribution is 5.78. The lowest BCUT2D eigenvalue weighted by Gasteiger charge is -2.38. The number of carbonyl (C=O) groups excluding carboxylic acids is 1. The van der Waals surface area contributed by atoms with E-state index in [2.05, 4.69) is 4.98 Å². The molecule has 1 aromatic carbocycles. The van der Waals surface area contributed by atoms with Crippen LogP contribution in [0.3, 0.4) is 0 Å². The Morgan fingerprint density at radius 3 is 2.69 bits per heavy atom. The number of likely N-dealkylation sites (tertiary alicyclic amines) is 1. The molecule has 1 atom stereocenters. The number of carbonyl (C=O) groups is 1.